The van der Waals surface area contributed by atoms with Gasteiger partial charge in [0, 0.05) is 6.42 Å². The number of amides is 1. The predicted octanol–water partition coefficient (Wildman–Crippen LogP) is 8.53. The Morgan fingerprint density at radius 3 is 1.59 bits per heavy atom. The van der Waals surface area contributed by atoms with E-state index >= 15 is 0 Å². The van der Waals surface area contributed by atoms with Crippen molar-refractivity contribution in [3.05, 3.63) is 30.3 Å². The fourth-order valence-electron chi connectivity index (χ4n) is 3.96. The standard InChI is InChI=1S/C26H42Cl3NO3S/c1-2-3-4-5-6-7-8-9-10-11-12-13-14-15-19-22-24(31)30-25(26(27,28)29)34(32,33)23-20-17-16-18-21-23/h16-18,20-21,25H,2-15,19,22H2,1H3,(H,30,31)/t25-/m1/s1. The number of carbonyl (C=O) groups excluding carboxylic acids is 1. The van der Waals surface area contributed by atoms with Crippen LogP contribution in [0.5, 0.6) is 0 Å². The lowest BCUT2D eigenvalue weighted by atomic mass is 10.0. The highest BCUT2D eigenvalue weighted by atomic mass is 35.6. The van der Waals surface area contributed by atoms with E-state index in [1.165, 1.54) is 82.8 Å². The van der Waals surface area contributed by atoms with Crippen molar-refractivity contribution in [1.82, 2.24) is 5.32 Å². The van der Waals surface area contributed by atoms with Crippen LogP contribution in [-0.2, 0) is 14.6 Å². The number of nitrogens with one attached hydrogen (secondary N) is 1. The van der Waals surface area contributed by atoms with Gasteiger partial charge in [0.15, 0.2) is 5.37 Å². The SMILES string of the molecule is CCCCCCCCCCCCCCCCCC(=O)N[C@@H](C(Cl)(Cl)Cl)S(=O)(=O)c1ccccc1. The van der Waals surface area contributed by atoms with Crippen LogP contribution < -0.4 is 5.32 Å². The minimum atomic E-state index is -4.04. The second-order valence-electron chi connectivity index (χ2n) is 9.05. The maximum Gasteiger partial charge on any atom is 0.225 e. The normalized spacial score (nSPS) is 13.1. The molecule has 8 heteroatoms. The number of rotatable bonds is 19. The molecular formula is C26H42Cl3NO3S. The van der Waals surface area contributed by atoms with Gasteiger partial charge in [-0.1, -0.05) is 150 Å². The second kappa shape index (κ2) is 17.9. The first-order chi connectivity index (χ1) is 16.2. The van der Waals surface area contributed by atoms with Gasteiger partial charge in [0.1, 0.15) is 0 Å². The average molecular weight is 555 g/mol. The van der Waals surface area contributed by atoms with E-state index in [1.807, 2.05) is 0 Å². The number of hydrogen-bond donors (Lipinski definition) is 1. The molecule has 0 fully saturated rings. The molecule has 1 aromatic carbocycles. The van der Waals surface area contributed by atoms with Crippen LogP contribution in [0.2, 0.25) is 0 Å². The predicted molar refractivity (Wildman–Crippen MR) is 145 cm³/mol. The quantitative estimate of drug-likeness (QED) is 0.138. The third kappa shape index (κ3) is 13.6. The molecule has 0 saturated heterocycles. The van der Waals surface area contributed by atoms with Gasteiger partial charge < -0.3 is 5.32 Å². The molecule has 196 valence electrons. The molecule has 0 aliphatic carbocycles. The van der Waals surface area contributed by atoms with Crippen molar-refractivity contribution >= 4 is 50.5 Å². The number of hydrogen-bond acceptors (Lipinski definition) is 3. The molecular weight excluding hydrogens is 513 g/mol. The Morgan fingerprint density at radius 1 is 0.765 bits per heavy atom. The van der Waals surface area contributed by atoms with Gasteiger partial charge in [0.05, 0.1) is 4.90 Å². The Bertz CT molecular complexity index is 767. The third-order valence-electron chi connectivity index (χ3n) is 5.98. The molecule has 4 nitrogen and oxygen atoms in total. The number of alkyl halides is 3. The van der Waals surface area contributed by atoms with Crippen LogP contribution >= 0.6 is 34.8 Å². The minimum absolute atomic E-state index is 0.00130. The molecule has 0 saturated carbocycles. The van der Waals surface area contributed by atoms with Crippen molar-refractivity contribution in [2.24, 2.45) is 0 Å². The minimum Gasteiger partial charge on any atom is -0.336 e. The van der Waals surface area contributed by atoms with Crippen LogP contribution in [0, 0.1) is 0 Å². The highest BCUT2D eigenvalue weighted by Crippen LogP contribution is 2.35. The van der Waals surface area contributed by atoms with Gasteiger partial charge in [-0.25, -0.2) is 8.42 Å². The Morgan fingerprint density at radius 2 is 1.18 bits per heavy atom. The third-order valence-corrected chi connectivity index (χ3v) is 9.04. The second-order valence-corrected chi connectivity index (χ2v) is 13.4. The summed E-state index contributed by atoms with van der Waals surface area (Å²) in [5, 5.41) is 0.780. The Kier molecular flexibility index (Phi) is 16.6. The van der Waals surface area contributed by atoms with E-state index in [0.717, 1.165) is 19.3 Å². The molecule has 0 radical (unpaired) electrons. The summed E-state index contributed by atoms with van der Waals surface area (Å²) in [6, 6.07) is 7.69. The molecule has 0 aliphatic rings. The molecule has 1 N–H and O–H groups in total. The summed E-state index contributed by atoms with van der Waals surface area (Å²) in [5.74, 6) is -0.425. The van der Waals surface area contributed by atoms with Gasteiger partial charge in [-0.15, -0.1) is 0 Å². The number of benzene rings is 1. The van der Waals surface area contributed by atoms with E-state index < -0.39 is 24.9 Å². The smallest absolute Gasteiger partial charge is 0.225 e. The molecule has 1 amide bonds. The maximum atomic E-state index is 12.9. The van der Waals surface area contributed by atoms with E-state index in [4.69, 9.17) is 34.8 Å². The van der Waals surface area contributed by atoms with E-state index in [2.05, 4.69) is 12.2 Å². The van der Waals surface area contributed by atoms with E-state index in [9.17, 15) is 13.2 Å². The molecule has 0 bridgehead atoms. The van der Waals surface area contributed by atoms with Crippen molar-refractivity contribution in [1.29, 1.82) is 0 Å². The Balaban J connectivity index is 2.17. The van der Waals surface area contributed by atoms with Gasteiger partial charge in [-0.2, -0.15) is 0 Å². The molecule has 1 atom stereocenters. The van der Waals surface area contributed by atoms with Gasteiger partial charge >= 0.3 is 0 Å². The highest BCUT2D eigenvalue weighted by Gasteiger charge is 2.44. The van der Waals surface area contributed by atoms with Crippen LogP contribution in [0.3, 0.4) is 0 Å². The summed E-state index contributed by atoms with van der Waals surface area (Å²) in [5.41, 5.74) is 0. The lowest BCUT2D eigenvalue weighted by Gasteiger charge is -2.25. The first-order valence-electron chi connectivity index (χ1n) is 12.8. The topological polar surface area (TPSA) is 63.2 Å². The highest BCUT2D eigenvalue weighted by molar-refractivity contribution is 7.92. The zero-order valence-electron chi connectivity index (χ0n) is 20.5. The average Bonchev–Trinajstić information content (AvgIpc) is 2.79. The molecule has 34 heavy (non-hydrogen) atoms. The molecule has 0 spiro atoms. The summed E-state index contributed by atoms with van der Waals surface area (Å²) < 4.78 is 23.5. The summed E-state index contributed by atoms with van der Waals surface area (Å²) in [6.07, 6.45) is 18.8. The van der Waals surface area contributed by atoms with Crippen molar-refractivity contribution in [2.75, 3.05) is 0 Å². The summed E-state index contributed by atoms with van der Waals surface area (Å²) >= 11 is 17.7. The zero-order valence-corrected chi connectivity index (χ0v) is 23.6. The number of sulfone groups is 1. The lowest BCUT2D eigenvalue weighted by Crippen LogP contribution is -2.49. The maximum absolute atomic E-state index is 12.9. The molecule has 0 unspecified atom stereocenters. The molecule has 0 aromatic heterocycles. The number of carbonyl (C=O) groups is 1. The van der Waals surface area contributed by atoms with E-state index in [0.29, 0.717) is 6.42 Å². The number of unbranched alkanes of at least 4 members (excludes halogenated alkanes) is 14. The Hall–Kier alpha value is -0.490. The lowest BCUT2D eigenvalue weighted by molar-refractivity contribution is -0.121. The van der Waals surface area contributed by atoms with Crippen LogP contribution in [0.4, 0.5) is 0 Å². The largest absolute Gasteiger partial charge is 0.336 e. The Labute approximate surface area is 222 Å². The van der Waals surface area contributed by atoms with Crippen molar-refractivity contribution in [3.8, 4) is 0 Å². The van der Waals surface area contributed by atoms with Crippen molar-refractivity contribution < 1.29 is 13.2 Å². The zero-order chi connectivity index (χ0) is 25.3. The fraction of sp³-hybridized carbons (Fsp3) is 0.731. The summed E-state index contributed by atoms with van der Waals surface area (Å²) in [4.78, 5) is 12.4. The first kappa shape index (κ1) is 31.5. The molecule has 0 heterocycles. The van der Waals surface area contributed by atoms with Crippen molar-refractivity contribution in [2.45, 2.75) is 124 Å². The molecule has 0 aliphatic heterocycles. The van der Waals surface area contributed by atoms with Gasteiger partial charge in [0.25, 0.3) is 0 Å². The summed E-state index contributed by atoms with van der Waals surface area (Å²) in [6.45, 7) is 2.25. The van der Waals surface area contributed by atoms with Crippen LogP contribution in [0.1, 0.15) is 110 Å². The first-order valence-corrected chi connectivity index (χ1v) is 15.5. The number of halogens is 3. The van der Waals surface area contributed by atoms with Crippen LogP contribution in [0.25, 0.3) is 0 Å². The molecule has 1 aromatic rings. The monoisotopic (exact) mass is 553 g/mol. The van der Waals surface area contributed by atoms with Crippen molar-refractivity contribution in [3.63, 3.8) is 0 Å². The van der Waals surface area contributed by atoms with Gasteiger partial charge in [-0.05, 0) is 18.6 Å². The van der Waals surface area contributed by atoms with E-state index in [1.54, 1.807) is 18.2 Å². The van der Waals surface area contributed by atoms with Gasteiger partial charge in [-0.3, -0.25) is 4.79 Å². The van der Waals surface area contributed by atoms with Crippen LogP contribution in [-0.4, -0.2) is 23.5 Å². The van der Waals surface area contributed by atoms with Gasteiger partial charge in [0.2, 0.25) is 19.5 Å². The summed E-state index contributed by atoms with van der Waals surface area (Å²) in [7, 11) is -4.04. The molecule has 1 rings (SSSR count). The fourth-order valence-corrected chi connectivity index (χ4v) is 6.62. The van der Waals surface area contributed by atoms with Crippen LogP contribution in [0.15, 0.2) is 35.2 Å². The van der Waals surface area contributed by atoms with E-state index in [-0.39, 0.29) is 11.3 Å².